The number of para-hydroxylation sites is 1. The summed E-state index contributed by atoms with van der Waals surface area (Å²) in [5, 5.41) is 6.41. The van der Waals surface area contributed by atoms with Crippen LogP contribution in [0.15, 0.2) is 152 Å². The lowest BCUT2D eigenvalue weighted by Gasteiger charge is -2.30. The normalized spacial score (nSPS) is 13.9. The molecular formula is C47H25N3S2. The van der Waals surface area contributed by atoms with E-state index in [0.717, 1.165) is 10.2 Å². The van der Waals surface area contributed by atoms with Crippen molar-refractivity contribution in [2.24, 2.45) is 0 Å². The van der Waals surface area contributed by atoms with Crippen molar-refractivity contribution in [1.82, 2.24) is 14.5 Å². The lowest BCUT2D eigenvalue weighted by Crippen LogP contribution is -2.26. The smallest absolute Gasteiger partial charge is 0.116 e. The number of hydrogen-bond acceptors (Lipinski definition) is 4. The van der Waals surface area contributed by atoms with Crippen LogP contribution in [0.4, 0.5) is 0 Å². The fourth-order valence-corrected chi connectivity index (χ4v) is 12.3. The van der Waals surface area contributed by atoms with Gasteiger partial charge in [-0.25, -0.2) is 9.97 Å². The van der Waals surface area contributed by atoms with E-state index in [-0.39, 0.29) is 0 Å². The van der Waals surface area contributed by atoms with Crippen molar-refractivity contribution in [2.75, 3.05) is 0 Å². The topological polar surface area (TPSA) is 30.7 Å². The van der Waals surface area contributed by atoms with Gasteiger partial charge in [-0.3, -0.25) is 0 Å². The average Bonchev–Trinajstić information content (AvgIpc) is 3.99. The first kappa shape index (κ1) is 27.6. The molecule has 0 saturated heterocycles. The Hall–Kier alpha value is -6.14. The molecule has 4 aromatic heterocycles. The van der Waals surface area contributed by atoms with Crippen LogP contribution in [0.5, 0.6) is 0 Å². The van der Waals surface area contributed by atoms with E-state index in [1.807, 2.05) is 28.9 Å². The molecule has 7 aromatic carbocycles. The molecule has 0 radical (unpaired) electrons. The van der Waals surface area contributed by atoms with E-state index in [4.69, 9.17) is 4.98 Å². The third kappa shape index (κ3) is 3.11. The number of benzene rings is 7. The van der Waals surface area contributed by atoms with Crippen LogP contribution in [0.2, 0.25) is 0 Å². The van der Waals surface area contributed by atoms with E-state index in [1.165, 1.54) is 102 Å². The predicted molar refractivity (Wildman–Crippen MR) is 218 cm³/mol. The molecule has 0 atom stereocenters. The summed E-state index contributed by atoms with van der Waals surface area (Å²) in [5.74, 6) is 0. The van der Waals surface area contributed by atoms with Gasteiger partial charge < -0.3 is 4.57 Å². The Morgan fingerprint density at radius 2 is 1.12 bits per heavy atom. The average molecular weight is 696 g/mol. The van der Waals surface area contributed by atoms with E-state index in [2.05, 4.69) is 149 Å². The molecular weight excluding hydrogens is 671 g/mol. The lowest BCUT2D eigenvalue weighted by atomic mass is 9.70. The van der Waals surface area contributed by atoms with Crippen molar-refractivity contribution >= 4 is 85.0 Å². The van der Waals surface area contributed by atoms with E-state index < -0.39 is 5.41 Å². The molecule has 0 aliphatic heterocycles. The second-order valence-electron chi connectivity index (χ2n) is 14.0. The summed E-state index contributed by atoms with van der Waals surface area (Å²) in [4.78, 5) is 9.40. The second-order valence-corrected chi connectivity index (χ2v) is 16.1. The first-order valence-electron chi connectivity index (χ1n) is 17.6. The van der Waals surface area contributed by atoms with Crippen LogP contribution in [-0.4, -0.2) is 14.5 Å². The summed E-state index contributed by atoms with van der Waals surface area (Å²) in [5.41, 5.74) is 14.9. The van der Waals surface area contributed by atoms with Gasteiger partial charge in [-0.05, 0) is 68.8 Å². The second kappa shape index (κ2) is 9.59. The van der Waals surface area contributed by atoms with Gasteiger partial charge in [0, 0.05) is 48.2 Å². The highest BCUT2D eigenvalue weighted by Gasteiger charge is 2.51. The molecule has 1 spiro atoms. The quantitative estimate of drug-likeness (QED) is 0.171. The zero-order chi connectivity index (χ0) is 33.7. The maximum absolute atomic E-state index is 4.92. The maximum Gasteiger partial charge on any atom is 0.116 e. The molecule has 0 N–H and O–H groups in total. The Labute approximate surface area is 305 Å². The summed E-state index contributed by atoms with van der Waals surface area (Å²) in [7, 11) is 0. The van der Waals surface area contributed by atoms with Crippen molar-refractivity contribution in [2.45, 2.75) is 5.41 Å². The Kier molecular flexibility index (Phi) is 5.08. The molecule has 4 heterocycles. The molecule has 0 fully saturated rings. The van der Waals surface area contributed by atoms with Crippen LogP contribution in [0.3, 0.4) is 0 Å². The molecule has 11 aromatic rings. The molecule has 13 rings (SSSR count). The van der Waals surface area contributed by atoms with Gasteiger partial charge in [0.2, 0.25) is 0 Å². The summed E-state index contributed by atoms with van der Waals surface area (Å²) in [6.45, 7) is 0. The summed E-state index contributed by atoms with van der Waals surface area (Å²) in [6, 6.07) is 52.2. The first-order valence-corrected chi connectivity index (χ1v) is 19.3. The Morgan fingerprint density at radius 3 is 1.87 bits per heavy atom. The lowest BCUT2D eigenvalue weighted by molar-refractivity contribution is 0.792. The third-order valence-corrected chi connectivity index (χ3v) is 14.1. The molecule has 0 unspecified atom stereocenters. The number of rotatable bonds is 1. The summed E-state index contributed by atoms with van der Waals surface area (Å²) in [6.07, 6.45) is 3.68. The Balaban J connectivity index is 1.22. The van der Waals surface area contributed by atoms with Crippen molar-refractivity contribution in [3.05, 3.63) is 174 Å². The van der Waals surface area contributed by atoms with Gasteiger partial charge in [0.1, 0.15) is 6.33 Å². The number of fused-ring (bicyclic) bond motifs is 22. The van der Waals surface area contributed by atoms with Crippen molar-refractivity contribution in [1.29, 1.82) is 0 Å². The highest BCUT2D eigenvalue weighted by Crippen LogP contribution is 2.63. The Bertz CT molecular complexity index is 3320. The van der Waals surface area contributed by atoms with Gasteiger partial charge >= 0.3 is 0 Å². The highest BCUT2D eigenvalue weighted by atomic mass is 32.1. The van der Waals surface area contributed by atoms with Gasteiger partial charge in [0.25, 0.3) is 0 Å². The molecule has 2 aliphatic carbocycles. The van der Waals surface area contributed by atoms with Crippen LogP contribution >= 0.6 is 22.7 Å². The maximum atomic E-state index is 4.92. The van der Waals surface area contributed by atoms with E-state index >= 15 is 0 Å². The zero-order valence-corrected chi connectivity index (χ0v) is 29.2. The number of thiophene rings is 2. The highest BCUT2D eigenvalue weighted by molar-refractivity contribution is 7.29. The standard InChI is InChI=1S/C47H25N3S2/c1-6-16-33-27(11-1)28-12-2-7-17-34(28)47(33)35-18-8-3-13-29(35)30-22-21-26(23-36(30)47)50-37-19-9-4-14-31(37)41-44(50)46-42(43-39(52-46)24-48-25-49-43)40-32-15-5-10-20-38(32)51-45(40)41/h1-25H. The number of nitrogens with zero attached hydrogens (tertiary/aromatic N) is 3. The molecule has 52 heavy (non-hydrogen) atoms. The van der Waals surface area contributed by atoms with Gasteiger partial charge in [-0.1, -0.05) is 115 Å². The summed E-state index contributed by atoms with van der Waals surface area (Å²) >= 11 is 3.72. The molecule has 2 aliphatic rings. The number of hydrogen-bond donors (Lipinski definition) is 0. The molecule has 0 amide bonds. The fourth-order valence-electron chi connectivity index (χ4n) is 9.89. The van der Waals surface area contributed by atoms with Gasteiger partial charge in [0.05, 0.1) is 31.4 Å². The van der Waals surface area contributed by atoms with E-state index in [1.54, 1.807) is 6.33 Å². The Morgan fingerprint density at radius 1 is 0.500 bits per heavy atom. The van der Waals surface area contributed by atoms with Crippen molar-refractivity contribution in [3.63, 3.8) is 0 Å². The molecule has 240 valence electrons. The van der Waals surface area contributed by atoms with Crippen molar-refractivity contribution < 1.29 is 0 Å². The monoisotopic (exact) mass is 695 g/mol. The molecule has 0 saturated carbocycles. The van der Waals surface area contributed by atoms with Gasteiger partial charge in [-0.15, -0.1) is 22.7 Å². The first-order chi connectivity index (χ1) is 25.8. The molecule has 3 nitrogen and oxygen atoms in total. The van der Waals surface area contributed by atoms with Gasteiger partial charge in [-0.2, -0.15) is 0 Å². The van der Waals surface area contributed by atoms with Crippen molar-refractivity contribution in [3.8, 4) is 27.9 Å². The zero-order valence-electron chi connectivity index (χ0n) is 27.6. The van der Waals surface area contributed by atoms with Crippen LogP contribution in [0.25, 0.3) is 90.2 Å². The summed E-state index contributed by atoms with van der Waals surface area (Å²) < 4.78 is 7.53. The van der Waals surface area contributed by atoms with Crippen LogP contribution in [-0.2, 0) is 5.41 Å². The fraction of sp³-hybridized carbons (Fsp3) is 0.0213. The SMILES string of the molecule is c1ccc2c(c1)-c1ccccc1C21c2ccccc2-c2ccc(-n3c4ccccc4c4c5sc6ccccc6c5c5c6ncncc6sc5c43)cc21. The van der Waals surface area contributed by atoms with Crippen LogP contribution in [0, 0.1) is 0 Å². The largest absolute Gasteiger partial charge is 0.308 e. The van der Waals surface area contributed by atoms with Crippen LogP contribution in [0.1, 0.15) is 22.3 Å². The third-order valence-electron chi connectivity index (χ3n) is 11.8. The van der Waals surface area contributed by atoms with E-state index in [0.29, 0.717) is 0 Å². The van der Waals surface area contributed by atoms with Gasteiger partial charge in [0.15, 0.2) is 0 Å². The minimum absolute atomic E-state index is 0.408. The van der Waals surface area contributed by atoms with Crippen LogP contribution < -0.4 is 0 Å². The minimum atomic E-state index is -0.408. The van der Waals surface area contributed by atoms with E-state index in [9.17, 15) is 0 Å². The number of aromatic nitrogens is 3. The minimum Gasteiger partial charge on any atom is -0.308 e. The predicted octanol–water partition coefficient (Wildman–Crippen LogP) is 12.7. The molecule has 5 heteroatoms. The molecule has 0 bridgehead atoms.